The first-order valence-corrected chi connectivity index (χ1v) is 8.13. The molecule has 0 aromatic carbocycles. The van der Waals surface area contributed by atoms with Crippen LogP contribution in [0, 0.1) is 0 Å². The highest BCUT2D eigenvalue weighted by Gasteiger charge is 2.01. The maximum Gasteiger partial charge on any atom is 0.330 e. The molecule has 1 atom stereocenters. The number of allylic oxidation sites excluding steroid dienone is 7. The van der Waals surface area contributed by atoms with Gasteiger partial charge in [0, 0.05) is 6.08 Å². The van der Waals surface area contributed by atoms with E-state index in [0.29, 0.717) is 0 Å². The Hall–Kier alpha value is -1.61. The molecule has 0 radical (unpaired) electrons. The lowest BCUT2D eigenvalue weighted by molar-refractivity contribution is -0.134. The lowest BCUT2D eigenvalue weighted by Crippen LogP contribution is -2.05. The molecular weight excluding hydrogens is 276 g/mol. The molecule has 3 nitrogen and oxygen atoms in total. The van der Waals surface area contributed by atoms with Crippen molar-refractivity contribution < 1.29 is 14.6 Å². The van der Waals surface area contributed by atoms with E-state index in [4.69, 9.17) is 0 Å². The fraction of sp³-hybridized carbons (Fsp3) is 0.526. The molecule has 0 rings (SSSR count). The van der Waals surface area contributed by atoms with Crippen LogP contribution in [0.4, 0.5) is 0 Å². The summed E-state index contributed by atoms with van der Waals surface area (Å²) in [5, 5.41) is 9.77. The van der Waals surface area contributed by atoms with Crippen LogP contribution in [0.5, 0.6) is 0 Å². The Morgan fingerprint density at radius 3 is 2.32 bits per heavy atom. The third-order valence-electron chi connectivity index (χ3n) is 3.17. The maximum absolute atomic E-state index is 10.8. The number of hydrogen-bond acceptors (Lipinski definition) is 3. The Kier molecular flexibility index (Phi) is 14.6. The number of esters is 1. The number of aliphatic hydroxyl groups excluding tert-OH is 1. The van der Waals surface area contributed by atoms with Crippen molar-refractivity contribution in [1.82, 2.24) is 0 Å². The second kappa shape index (κ2) is 15.8. The van der Waals surface area contributed by atoms with Crippen molar-refractivity contribution in [2.45, 2.75) is 58.0 Å². The molecule has 0 heterocycles. The first kappa shape index (κ1) is 20.4. The largest absolute Gasteiger partial charge is 0.466 e. The van der Waals surface area contributed by atoms with Crippen LogP contribution in [-0.2, 0) is 9.53 Å². The topological polar surface area (TPSA) is 46.5 Å². The summed E-state index contributed by atoms with van der Waals surface area (Å²) in [5.74, 6) is -0.356. The van der Waals surface area contributed by atoms with Crippen LogP contribution >= 0.6 is 0 Å². The lowest BCUT2D eigenvalue weighted by Gasteiger charge is -2.08. The van der Waals surface area contributed by atoms with Gasteiger partial charge in [0.05, 0.1) is 13.2 Å². The molecule has 124 valence electrons. The Morgan fingerprint density at radius 1 is 1.00 bits per heavy atom. The number of rotatable bonds is 12. The van der Waals surface area contributed by atoms with Crippen LogP contribution in [0.25, 0.3) is 0 Å². The van der Waals surface area contributed by atoms with Gasteiger partial charge >= 0.3 is 5.97 Å². The molecular formula is C19H30O3. The zero-order chi connectivity index (χ0) is 16.5. The lowest BCUT2D eigenvalue weighted by atomic mass is 10.1. The molecule has 0 bridgehead atoms. The van der Waals surface area contributed by atoms with E-state index in [2.05, 4.69) is 17.7 Å². The summed E-state index contributed by atoms with van der Waals surface area (Å²) in [7, 11) is 1.35. The molecule has 0 fully saturated rings. The van der Waals surface area contributed by atoms with Crippen molar-refractivity contribution in [1.29, 1.82) is 0 Å². The number of carbonyl (C=O) groups excluding carboxylic acids is 1. The fourth-order valence-electron chi connectivity index (χ4n) is 1.88. The van der Waals surface area contributed by atoms with Gasteiger partial charge in [-0.2, -0.15) is 0 Å². The van der Waals surface area contributed by atoms with Gasteiger partial charge in [-0.3, -0.25) is 0 Å². The second-order valence-corrected chi connectivity index (χ2v) is 5.16. The zero-order valence-electron chi connectivity index (χ0n) is 13.9. The smallest absolute Gasteiger partial charge is 0.330 e. The van der Waals surface area contributed by atoms with Gasteiger partial charge < -0.3 is 9.84 Å². The number of aliphatic hydroxyl groups is 1. The average Bonchev–Trinajstić information content (AvgIpc) is 2.52. The molecule has 22 heavy (non-hydrogen) atoms. The van der Waals surface area contributed by atoms with Gasteiger partial charge in [0.15, 0.2) is 0 Å². The van der Waals surface area contributed by atoms with Crippen molar-refractivity contribution in [2.75, 3.05) is 7.11 Å². The van der Waals surface area contributed by atoms with E-state index in [-0.39, 0.29) is 12.1 Å². The molecule has 1 N–H and O–H groups in total. The molecule has 0 aliphatic rings. The first-order valence-electron chi connectivity index (χ1n) is 8.13. The van der Waals surface area contributed by atoms with Crippen LogP contribution < -0.4 is 0 Å². The number of ether oxygens (including phenoxy) is 1. The molecule has 0 saturated carbocycles. The minimum atomic E-state index is -0.356. The van der Waals surface area contributed by atoms with E-state index >= 15 is 0 Å². The summed E-state index contributed by atoms with van der Waals surface area (Å²) >= 11 is 0. The number of hydrogen-bond donors (Lipinski definition) is 1. The summed E-state index contributed by atoms with van der Waals surface area (Å²) in [6, 6.07) is 0. The van der Waals surface area contributed by atoms with E-state index in [1.54, 1.807) is 12.2 Å². The molecule has 0 saturated heterocycles. The van der Waals surface area contributed by atoms with Gasteiger partial charge in [0.1, 0.15) is 0 Å². The SMILES string of the molecule is CCCCCC(O)CCC/C=C/C=C/C=C/C=C/C(=O)OC. The first-order chi connectivity index (χ1) is 10.7. The van der Waals surface area contributed by atoms with E-state index in [1.807, 2.05) is 24.3 Å². The minimum absolute atomic E-state index is 0.139. The molecule has 0 spiro atoms. The monoisotopic (exact) mass is 306 g/mol. The molecule has 1 unspecified atom stereocenters. The zero-order valence-corrected chi connectivity index (χ0v) is 13.9. The van der Waals surface area contributed by atoms with Crippen molar-refractivity contribution in [2.24, 2.45) is 0 Å². The summed E-state index contributed by atoms with van der Waals surface area (Å²) in [5.41, 5.74) is 0. The fourth-order valence-corrected chi connectivity index (χ4v) is 1.88. The molecule has 0 amide bonds. The average molecular weight is 306 g/mol. The predicted molar refractivity (Wildman–Crippen MR) is 92.6 cm³/mol. The van der Waals surface area contributed by atoms with Gasteiger partial charge in [0.2, 0.25) is 0 Å². The molecule has 0 aromatic heterocycles. The van der Waals surface area contributed by atoms with Gasteiger partial charge in [-0.05, 0) is 25.7 Å². The Labute approximate surface area is 135 Å². The predicted octanol–water partition coefficient (Wildman–Crippen LogP) is 4.50. The van der Waals surface area contributed by atoms with E-state index in [9.17, 15) is 9.90 Å². The van der Waals surface area contributed by atoms with Crippen molar-refractivity contribution in [3.8, 4) is 0 Å². The highest BCUT2D eigenvalue weighted by molar-refractivity contribution is 5.82. The van der Waals surface area contributed by atoms with Crippen LogP contribution in [0.3, 0.4) is 0 Å². The standard InChI is InChI=1S/C19H30O3/c1-3-4-12-15-18(20)16-13-10-8-6-5-7-9-11-14-17-19(21)22-2/h5-9,11,14,17-18,20H,3-4,10,12-13,15-16H2,1-2H3/b7-5+,8-6+,11-9+,17-14+. The Morgan fingerprint density at radius 2 is 1.64 bits per heavy atom. The van der Waals surface area contributed by atoms with Gasteiger partial charge in [-0.15, -0.1) is 0 Å². The molecule has 3 heteroatoms. The van der Waals surface area contributed by atoms with E-state index < -0.39 is 0 Å². The summed E-state index contributed by atoms with van der Waals surface area (Å²) < 4.78 is 4.47. The third-order valence-corrected chi connectivity index (χ3v) is 3.17. The molecule has 0 aromatic rings. The van der Waals surface area contributed by atoms with Crippen LogP contribution in [0.2, 0.25) is 0 Å². The summed E-state index contributed by atoms with van der Waals surface area (Å²) in [6.45, 7) is 2.18. The number of methoxy groups -OCH3 is 1. The number of carbonyl (C=O) groups is 1. The maximum atomic E-state index is 10.8. The van der Waals surface area contributed by atoms with Gasteiger partial charge in [-0.1, -0.05) is 68.7 Å². The van der Waals surface area contributed by atoms with E-state index in [1.165, 1.54) is 26.0 Å². The summed E-state index contributed by atoms with van der Waals surface area (Å²) in [6.07, 6.45) is 21.8. The van der Waals surface area contributed by atoms with Crippen molar-refractivity contribution >= 4 is 5.97 Å². The van der Waals surface area contributed by atoms with Crippen LogP contribution in [-0.4, -0.2) is 24.3 Å². The Balaban J connectivity index is 3.61. The van der Waals surface area contributed by atoms with E-state index in [0.717, 1.165) is 32.1 Å². The van der Waals surface area contributed by atoms with Crippen molar-refractivity contribution in [3.63, 3.8) is 0 Å². The Bertz CT molecular complexity index is 378. The normalized spacial score (nSPS) is 13.8. The third kappa shape index (κ3) is 14.8. The molecule has 0 aliphatic heterocycles. The van der Waals surface area contributed by atoms with Crippen LogP contribution in [0.1, 0.15) is 51.9 Å². The summed E-state index contributed by atoms with van der Waals surface area (Å²) in [4.78, 5) is 10.8. The minimum Gasteiger partial charge on any atom is -0.466 e. The highest BCUT2D eigenvalue weighted by atomic mass is 16.5. The van der Waals surface area contributed by atoms with Gasteiger partial charge in [0.25, 0.3) is 0 Å². The number of unbranched alkanes of at least 4 members (excludes halogenated alkanes) is 3. The van der Waals surface area contributed by atoms with Crippen LogP contribution in [0.15, 0.2) is 48.6 Å². The second-order valence-electron chi connectivity index (χ2n) is 5.16. The van der Waals surface area contributed by atoms with Crippen molar-refractivity contribution in [3.05, 3.63) is 48.6 Å². The highest BCUT2D eigenvalue weighted by Crippen LogP contribution is 2.09. The quantitative estimate of drug-likeness (QED) is 0.250. The van der Waals surface area contributed by atoms with Gasteiger partial charge in [-0.25, -0.2) is 4.79 Å². The molecule has 0 aliphatic carbocycles.